The smallest absolute Gasteiger partial charge is 0.276 e. The summed E-state index contributed by atoms with van der Waals surface area (Å²) in [5.41, 5.74) is 5.35. The van der Waals surface area contributed by atoms with Crippen LogP contribution in [0.1, 0.15) is 15.9 Å². The minimum Gasteiger partial charge on any atom is -0.483 e. The Bertz CT molecular complexity index is 848. The molecule has 0 aliphatic rings. The first-order chi connectivity index (χ1) is 12.4. The summed E-state index contributed by atoms with van der Waals surface area (Å²) in [4.78, 5) is 23.6. The fourth-order valence-electron chi connectivity index (χ4n) is 1.93. The molecule has 0 radical (unpaired) electrons. The number of hydrogen-bond acceptors (Lipinski definition) is 4. The Kier molecular flexibility index (Phi) is 7.05. The van der Waals surface area contributed by atoms with E-state index >= 15 is 0 Å². The van der Waals surface area contributed by atoms with Gasteiger partial charge in [0.05, 0.1) is 5.56 Å². The topological polar surface area (TPSA) is 79.5 Å². The molecule has 0 fully saturated rings. The molecule has 2 aromatic rings. The molecular weight excluding hydrogens is 425 g/mol. The van der Waals surface area contributed by atoms with Crippen molar-refractivity contribution in [2.45, 2.75) is 6.92 Å². The Labute approximate surface area is 163 Å². The van der Waals surface area contributed by atoms with Crippen LogP contribution in [0.25, 0.3) is 0 Å². The summed E-state index contributed by atoms with van der Waals surface area (Å²) >= 11 is 8.22. The molecule has 136 valence electrons. The molecule has 2 amide bonds. The van der Waals surface area contributed by atoms with E-state index in [2.05, 4.69) is 32.1 Å². The first-order valence-electron chi connectivity index (χ1n) is 7.40. The molecule has 0 aliphatic carbocycles. The van der Waals surface area contributed by atoms with Gasteiger partial charge < -0.3 is 4.74 Å². The van der Waals surface area contributed by atoms with E-state index in [1.165, 1.54) is 18.2 Å². The molecule has 3 N–H and O–H groups in total. The molecule has 0 aliphatic heterocycles. The van der Waals surface area contributed by atoms with Gasteiger partial charge in [-0.3, -0.25) is 25.8 Å². The van der Waals surface area contributed by atoms with Crippen molar-refractivity contribution in [3.8, 4) is 5.75 Å². The lowest BCUT2D eigenvalue weighted by molar-refractivity contribution is -0.123. The zero-order valence-electron chi connectivity index (χ0n) is 13.6. The van der Waals surface area contributed by atoms with Crippen molar-refractivity contribution in [3.63, 3.8) is 0 Å². The van der Waals surface area contributed by atoms with Gasteiger partial charge in [0.25, 0.3) is 11.8 Å². The molecule has 0 saturated carbocycles. The van der Waals surface area contributed by atoms with Gasteiger partial charge in [-0.2, -0.15) is 0 Å². The lowest BCUT2D eigenvalue weighted by Crippen LogP contribution is -2.49. The molecule has 0 saturated heterocycles. The molecule has 0 bridgehead atoms. The maximum atomic E-state index is 13.5. The molecule has 0 spiro atoms. The summed E-state index contributed by atoms with van der Waals surface area (Å²) in [6.45, 7) is 1.60. The van der Waals surface area contributed by atoms with Gasteiger partial charge in [0, 0.05) is 4.47 Å². The average Bonchev–Trinajstić information content (AvgIpc) is 2.59. The summed E-state index contributed by atoms with van der Waals surface area (Å²) in [7, 11) is 0. The number of benzene rings is 2. The Morgan fingerprint density at radius 2 is 1.92 bits per heavy atom. The number of thiocarbonyl (C=S) groups is 1. The van der Waals surface area contributed by atoms with Gasteiger partial charge in [-0.25, -0.2) is 4.39 Å². The summed E-state index contributed by atoms with van der Waals surface area (Å²) in [5.74, 6) is -1.33. The number of carbonyl (C=O) groups excluding carboxylic acids is 2. The van der Waals surface area contributed by atoms with Crippen LogP contribution in [-0.2, 0) is 4.79 Å². The van der Waals surface area contributed by atoms with Crippen molar-refractivity contribution >= 4 is 45.1 Å². The van der Waals surface area contributed by atoms with Crippen molar-refractivity contribution < 1.29 is 18.7 Å². The number of rotatable bonds is 4. The molecule has 9 heteroatoms. The highest BCUT2D eigenvalue weighted by molar-refractivity contribution is 9.10. The summed E-state index contributed by atoms with van der Waals surface area (Å²) in [6, 6.07) is 10.9. The van der Waals surface area contributed by atoms with Crippen LogP contribution < -0.4 is 20.9 Å². The second-order valence-electron chi connectivity index (χ2n) is 5.13. The van der Waals surface area contributed by atoms with Gasteiger partial charge in [0.15, 0.2) is 11.7 Å². The van der Waals surface area contributed by atoms with Crippen LogP contribution in [0, 0.1) is 12.7 Å². The van der Waals surface area contributed by atoms with E-state index in [0.717, 1.165) is 16.1 Å². The van der Waals surface area contributed by atoms with Gasteiger partial charge >= 0.3 is 0 Å². The molecular formula is C17H15BrFN3O3S. The summed E-state index contributed by atoms with van der Waals surface area (Å²) in [5, 5.41) is 2.09. The predicted molar refractivity (Wildman–Crippen MR) is 102 cm³/mol. The van der Waals surface area contributed by atoms with E-state index in [1.54, 1.807) is 12.1 Å². The van der Waals surface area contributed by atoms with Gasteiger partial charge in [-0.15, -0.1) is 0 Å². The molecule has 2 aromatic carbocycles. The normalized spacial score (nSPS) is 9.96. The third-order valence-electron chi connectivity index (χ3n) is 3.16. The van der Waals surface area contributed by atoms with Crippen molar-refractivity contribution in [2.75, 3.05) is 6.61 Å². The standard InChI is InChI=1S/C17H15BrFN3O3S/c1-10-8-11(18)6-7-14(10)25-9-15(23)21-22-17(26)20-16(24)12-4-2-3-5-13(12)19/h2-8H,9H2,1H3,(H,21,23)(H2,20,22,24,26). The highest BCUT2D eigenvalue weighted by Crippen LogP contribution is 2.21. The van der Waals surface area contributed by atoms with E-state index < -0.39 is 17.6 Å². The van der Waals surface area contributed by atoms with E-state index in [-0.39, 0.29) is 17.3 Å². The van der Waals surface area contributed by atoms with Crippen molar-refractivity contribution in [2.24, 2.45) is 0 Å². The zero-order chi connectivity index (χ0) is 19.1. The summed E-state index contributed by atoms with van der Waals surface area (Å²) in [6.07, 6.45) is 0. The first kappa shape index (κ1) is 19.8. The van der Waals surface area contributed by atoms with Crippen molar-refractivity contribution in [1.82, 2.24) is 16.2 Å². The van der Waals surface area contributed by atoms with Crippen LogP contribution in [0.4, 0.5) is 4.39 Å². The number of ether oxygens (including phenoxy) is 1. The number of hydrazine groups is 1. The van der Waals surface area contributed by atoms with Gasteiger partial charge in [-0.05, 0) is 55.0 Å². The molecule has 2 rings (SSSR count). The lowest BCUT2D eigenvalue weighted by Gasteiger charge is -2.12. The third kappa shape index (κ3) is 5.78. The monoisotopic (exact) mass is 439 g/mol. The van der Waals surface area contributed by atoms with Crippen LogP contribution in [0.15, 0.2) is 46.9 Å². The van der Waals surface area contributed by atoms with Crippen LogP contribution in [0.2, 0.25) is 0 Å². The fraction of sp³-hybridized carbons (Fsp3) is 0.118. The minimum atomic E-state index is -0.725. The largest absolute Gasteiger partial charge is 0.483 e. The number of aryl methyl sites for hydroxylation is 1. The third-order valence-corrected chi connectivity index (χ3v) is 3.85. The van der Waals surface area contributed by atoms with Gasteiger partial charge in [-0.1, -0.05) is 28.1 Å². The zero-order valence-corrected chi connectivity index (χ0v) is 16.0. The predicted octanol–water partition coefficient (Wildman–Crippen LogP) is 2.61. The minimum absolute atomic E-state index is 0.156. The lowest BCUT2D eigenvalue weighted by atomic mass is 10.2. The highest BCUT2D eigenvalue weighted by atomic mass is 79.9. The van der Waals surface area contributed by atoms with Crippen LogP contribution in [-0.4, -0.2) is 23.5 Å². The van der Waals surface area contributed by atoms with Crippen LogP contribution >= 0.6 is 28.1 Å². The molecule has 6 nitrogen and oxygen atoms in total. The van der Waals surface area contributed by atoms with E-state index in [9.17, 15) is 14.0 Å². The number of hydrogen-bond donors (Lipinski definition) is 3. The van der Waals surface area contributed by atoms with E-state index in [0.29, 0.717) is 5.75 Å². The molecule has 26 heavy (non-hydrogen) atoms. The number of nitrogens with one attached hydrogen (secondary N) is 3. The second-order valence-corrected chi connectivity index (χ2v) is 6.46. The highest BCUT2D eigenvalue weighted by Gasteiger charge is 2.12. The molecule has 0 heterocycles. The second kappa shape index (κ2) is 9.25. The van der Waals surface area contributed by atoms with Gasteiger partial charge in [0.2, 0.25) is 0 Å². The first-order valence-corrected chi connectivity index (χ1v) is 8.60. The molecule has 0 atom stereocenters. The van der Waals surface area contributed by atoms with Crippen LogP contribution in [0.3, 0.4) is 0 Å². The maximum absolute atomic E-state index is 13.5. The Morgan fingerprint density at radius 1 is 1.19 bits per heavy atom. The van der Waals surface area contributed by atoms with Gasteiger partial charge in [0.1, 0.15) is 11.6 Å². The van der Waals surface area contributed by atoms with Crippen molar-refractivity contribution in [1.29, 1.82) is 0 Å². The van der Waals surface area contributed by atoms with Crippen molar-refractivity contribution in [3.05, 3.63) is 63.9 Å². The number of amides is 2. The van der Waals surface area contributed by atoms with E-state index in [4.69, 9.17) is 17.0 Å². The fourth-order valence-corrected chi connectivity index (χ4v) is 2.55. The quantitative estimate of drug-likeness (QED) is 0.503. The van der Waals surface area contributed by atoms with E-state index in [1.807, 2.05) is 13.0 Å². The Balaban J connectivity index is 1.77. The number of halogens is 2. The number of carbonyl (C=O) groups is 2. The molecule has 0 unspecified atom stereocenters. The Hall–Kier alpha value is -2.52. The maximum Gasteiger partial charge on any atom is 0.276 e. The average molecular weight is 440 g/mol. The molecule has 0 aromatic heterocycles. The Morgan fingerprint density at radius 3 is 2.62 bits per heavy atom. The van der Waals surface area contributed by atoms with Crippen LogP contribution in [0.5, 0.6) is 5.75 Å². The SMILES string of the molecule is Cc1cc(Br)ccc1OCC(=O)NNC(=S)NC(=O)c1ccccc1F. The summed E-state index contributed by atoms with van der Waals surface area (Å²) < 4.78 is 19.8.